The number of para-hydroxylation sites is 2. The summed E-state index contributed by atoms with van der Waals surface area (Å²) in [5, 5.41) is 4.23. The average Bonchev–Trinajstić information content (AvgIpc) is 3.13. The lowest BCUT2D eigenvalue weighted by Gasteiger charge is -2.19. The smallest absolute Gasteiger partial charge is 0.293 e. The van der Waals surface area contributed by atoms with Gasteiger partial charge in [0.1, 0.15) is 0 Å². The predicted molar refractivity (Wildman–Crippen MR) is 109 cm³/mol. The summed E-state index contributed by atoms with van der Waals surface area (Å²) in [5.74, 6) is 0.342. The molecule has 148 valence electrons. The van der Waals surface area contributed by atoms with Crippen LogP contribution in [-0.2, 0) is 24.4 Å². The van der Waals surface area contributed by atoms with Gasteiger partial charge in [0, 0.05) is 46.9 Å². The first-order valence-corrected chi connectivity index (χ1v) is 9.34. The van der Waals surface area contributed by atoms with E-state index in [0.29, 0.717) is 18.9 Å². The Morgan fingerprint density at radius 3 is 2.61 bits per heavy atom. The van der Waals surface area contributed by atoms with E-state index in [4.69, 9.17) is 0 Å². The maximum absolute atomic E-state index is 12.9. The van der Waals surface area contributed by atoms with Gasteiger partial charge in [-0.3, -0.25) is 14.3 Å². The molecule has 28 heavy (non-hydrogen) atoms. The van der Waals surface area contributed by atoms with E-state index in [-0.39, 0.29) is 17.9 Å². The molecule has 0 aliphatic heterocycles. The molecule has 0 radical (unpaired) electrons. The molecule has 0 N–H and O–H groups in total. The molecule has 1 aromatic carbocycles. The minimum absolute atomic E-state index is 0.0250. The summed E-state index contributed by atoms with van der Waals surface area (Å²) in [6, 6.07) is 9.40. The number of rotatable bonds is 7. The second-order valence-electron chi connectivity index (χ2n) is 6.91. The number of hydrogen-bond donors (Lipinski definition) is 0. The van der Waals surface area contributed by atoms with E-state index in [9.17, 15) is 9.59 Å². The van der Waals surface area contributed by atoms with Crippen LogP contribution in [0.5, 0.6) is 0 Å². The van der Waals surface area contributed by atoms with Gasteiger partial charge in [-0.15, -0.1) is 0 Å². The third kappa shape index (κ3) is 3.90. The van der Waals surface area contributed by atoms with Gasteiger partial charge < -0.3 is 14.4 Å². The van der Waals surface area contributed by atoms with E-state index >= 15 is 0 Å². The summed E-state index contributed by atoms with van der Waals surface area (Å²) in [5.41, 5.74) is 2.26. The zero-order valence-corrected chi connectivity index (χ0v) is 16.8. The largest absolute Gasteiger partial charge is 0.358 e. The van der Waals surface area contributed by atoms with Crippen LogP contribution in [0, 0.1) is 0 Å². The highest BCUT2D eigenvalue weighted by molar-refractivity contribution is 5.78. The van der Waals surface area contributed by atoms with Gasteiger partial charge in [0.05, 0.1) is 23.3 Å². The Bertz CT molecular complexity index is 1040. The zero-order chi connectivity index (χ0) is 20.3. The molecule has 0 spiro atoms. The van der Waals surface area contributed by atoms with Gasteiger partial charge in [-0.05, 0) is 25.1 Å². The molecule has 3 rings (SSSR count). The van der Waals surface area contributed by atoms with Gasteiger partial charge in [0.2, 0.25) is 5.91 Å². The number of carbonyl (C=O) groups is 1. The molecule has 2 heterocycles. The van der Waals surface area contributed by atoms with Gasteiger partial charge in [-0.25, -0.2) is 4.98 Å². The van der Waals surface area contributed by atoms with Gasteiger partial charge in [-0.2, -0.15) is 5.10 Å². The van der Waals surface area contributed by atoms with Gasteiger partial charge in [0.25, 0.3) is 5.56 Å². The van der Waals surface area contributed by atoms with Crippen LogP contribution in [0.4, 0.5) is 5.82 Å². The van der Waals surface area contributed by atoms with Crippen molar-refractivity contribution in [2.45, 2.75) is 33.0 Å². The van der Waals surface area contributed by atoms with Crippen LogP contribution < -0.4 is 10.5 Å². The van der Waals surface area contributed by atoms with Gasteiger partial charge >= 0.3 is 0 Å². The second-order valence-corrected chi connectivity index (χ2v) is 6.91. The summed E-state index contributed by atoms with van der Waals surface area (Å²) in [6.07, 6.45) is 1.97. The molecule has 0 aliphatic carbocycles. The number of hydrogen-bond acceptors (Lipinski definition) is 5. The van der Waals surface area contributed by atoms with Crippen LogP contribution in [-0.4, -0.2) is 51.3 Å². The fraction of sp³-hybridized carbons (Fsp3) is 0.400. The van der Waals surface area contributed by atoms with E-state index < -0.39 is 0 Å². The van der Waals surface area contributed by atoms with Crippen molar-refractivity contribution in [3.8, 4) is 0 Å². The Morgan fingerprint density at radius 2 is 1.89 bits per heavy atom. The Balaban J connectivity index is 1.80. The Labute approximate surface area is 164 Å². The molecule has 0 saturated heterocycles. The number of aryl methyl sites for hydroxylation is 2. The quantitative estimate of drug-likeness (QED) is 0.622. The van der Waals surface area contributed by atoms with Crippen molar-refractivity contribution in [3.63, 3.8) is 0 Å². The van der Waals surface area contributed by atoms with Gasteiger partial charge in [0.15, 0.2) is 5.82 Å². The fourth-order valence-electron chi connectivity index (χ4n) is 3.20. The summed E-state index contributed by atoms with van der Waals surface area (Å²) in [4.78, 5) is 33.4. The fourth-order valence-corrected chi connectivity index (χ4v) is 3.20. The normalized spacial score (nSPS) is 11.0. The molecular formula is C20H26N6O2. The second kappa shape index (κ2) is 8.24. The maximum Gasteiger partial charge on any atom is 0.293 e. The van der Waals surface area contributed by atoms with Crippen LogP contribution in [0.1, 0.15) is 19.0 Å². The molecule has 1 amide bonds. The van der Waals surface area contributed by atoms with Crippen LogP contribution in [0.15, 0.2) is 41.3 Å². The Kier molecular flexibility index (Phi) is 5.77. The minimum atomic E-state index is -0.191. The number of amides is 1. The highest BCUT2D eigenvalue weighted by Gasteiger charge is 2.16. The summed E-state index contributed by atoms with van der Waals surface area (Å²) >= 11 is 0. The first-order chi connectivity index (χ1) is 13.4. The number of benzene rings is 1. The molecule has 8 nitrogen and oxygen atoms in total. The van der Waals surface area contributed by atoms with Crippen molar-refractivity contribution in [3.05, 3.63) is 52.6 Å². The molecule has 0 bridgehead atoms. The number of anilines is 1. The van der Waals surface area contributed by atoms with E-state index in [1.54, 1.807) is 41.7 Å². The third-order valence-corrected chi connectivity index (χ3v) is 4.74. The molecule has 3 aromatic rings. The molecular weight excluding hydrogens is 356 g/mol. The van der Waals surface area contributed by atoms with E-state index in [0.717, 1.165) is 23.3 Å². The Hall–Kier alpha value is -3.16. The number of carbonyl (C=O) groups excluding carboxylic acids is 1. The number of fused-ring (bicyclic) bond motifs is 1. The minimum Gasteiger partial charge on any atom is -0.358 e. The van der Waals surface area contributed by atoms with E-state index in [1.165, 1.54) is 0 Å². The molecule has 0 aliphatic rings. The predicted octanol–water partition coefficient (Wildman–Crippen LogP) is 1.73. The first-order valence-electron chi connectivity index (χ1n) is 9.34. The van der Waals surface area contributed by atoms with E-state index in [1.807, 2.05) is 41.9 Å². The molecule has 0 fully saturated rings. The van der Waals surface area contributed by atoms with Crippen molar-refractivity contribution in [2.75, 3.05) is 26.0 Å². The topological polar surface area (TPSA) is 76.3 Å². The monoisotopic (exact) mass is 382 g/mol. The molecule has 0 saturated carbocycles. The number of aromatic nitrogens is 4. The average molecular weight is 382 g/mol. The van der Waals surface area contributed by atoms with Crippen molar-refractivity contribution >= 4 is 22.8 Å². The van der Waals surface area contributed by atoms with Crippen LogP contribution >= 0.6 is 0 Å². The molecule has 8 heteroatoms. The zero-order valence-electron chi connectivity index (χ0n) is 16.8. The molecule has 0 atom stereocenters. The molecule has 0 unspecified atom stereocenters. The van der Waals surface area contributed by atoms with Crippen LogP contribution in [0.2, 0.25) is 0 Å². The first kappa shape index (κ1) is 19.6. The summed E-state index contributed by atoms with van der Waals surface area (Å²) in [7, 11) is 5.35. The van der Waals surface area contributed by atoms with Crippen molar-refractivity contribution in [1.82, 2.24) is 24.2 Å². The van der Waals surface area contributed by atoms with Crippen molar-refractivity contribution in [1.29, 1.82) is 0 Å². The Morgan fingerprint density at radius 1 is 1.14 bits per heavy atom. The molecule has 2 aromatic heterocycles. The van der Waals surface area contributed by atoms with Crippen LogP contribution in [0.3, 0.4) is 0 Å². The SMILES string of the molecule is CCn1nccc1CN(C)C(=O)CCn1c(=O)c(N(C)C)nc2ccccc21. The lowest BCUT2D eigenvalue weighted by atomic mass is 10.2. The summed E-state index contributed by atoms with van der Waals surface area (Å²) in [6.45, 7) is 3.57. The number of nitrogens with zero attached hydrogens (tertiary/aromatic N) is 6. The van der Waals surface area contributed by atoms with Gasteiger partial charge in [-0.1, -0.05) is 12.1 Å². The van der Waals surface area contributed by atoms with Crippen molar-refractivity contribution < 1.29 is 4.79 Å². The lowest BCUT2D eigenvalue weighted by molar-refractivity contribution is -0.130. The summed E-state index contributed by atoms with van der Waals surface area (Å²) < 4.78 is 3.51. The standard InChI is InChI=1S/C20H26N6O2/c1-5-26-15(10-12-21-26)14-24(4)18(27)11-13-25-17-9-7-6-8-16(17)22-19(20(25)28)23(2)3/h6-10,12H,5,11,13-14H2,1-4H3. The lowest BCUT2D eigenvalue weighted by Crippen LogP contribution is -2.32. The van der Waals surface area contributed by atoms with E-state index in [2.05, 4.69) is 10.1 Å². The highest BCUT2D eigenvalue weighted by atomic mass is 16.2. The van der Waals surface area contributed by atoms with Crippen LogP contribution in [0.25, 0.3) is 11.0 Å². The van der Waals surface area contributed by atoms with Crippen molar-refractivity contribution in [2.24, 2.45) is 0 Å². The third-order valence-electron chi connectivity index (χ3n) is 4.74. The highest BCUT2D eigenvalue weighted by Crippen LogP contribution is 2.14. The maximum atomic E-state index is 12.9.